The number of hydrogen-bond acceptors (Lipinski definition) is 3. The number of H-pyrrole nitrogens is 1. The topological polar surface area (TPSA) is 63.9 Å². The van der Waals surface area contributed by atoms with Crippen LogP contribution in [0.1, 0.15) is 30.7 Å². The summed E-state index contributed by atoms with van der Waals surface area (Å²) in [5.74, 6) is 1.01. The maximum absolute atomic E-state index is 5.74. The normalized spacial score (nSPS) is 17.9. The maximum Gasteiger partial charge on any atom is 0.110 e. The summed E-state index contributed by atoms with van der Waals surface area (Å²) in [4.78, 5) is 8.06. The quantitative estimate of drug-likeness (QED) is 0.867. The molecule has 0 atom stereocenters. The van der Waals surface area contributed by atoms with E-state index in [1.807, 2.05) is 18.2 Å². The number of nitrogens with two attached hydrogens (primary N) is 1. The Kier molecular flexibility index (Phi) is 2.84. The highest BCUT2D eigenvalue weighted by molar-refractivity contribution is 5.78. The van der Waals surface area contributed by atoms with E-state index in [1.165, 1.54) is 6.42 Å². The maximum atomic E-state index is 5.74. The highest BCUT2D eigenvalue weighted by Crippen LogP contribution is 2.37. The Bertz CT molecular complexity index is 552. The summed E-state index contributed by atoms with van der Waals surface area (Å²) >= 11 is 0. The van der Waals surface area contributed by atoms with Crippen LogP contribution in [-0.2, 0) is 17.7 Å². The lowest BCUT2D eigenvalue weighted by Gasteiger charge is -2.39. The Labute approximate surface area is 107 Å². The first-order chi connectivity index (χ1) is 8.76. The van der Waals surface area contributed by atoms with Gasteiger partial charge in [-0.1, -0.05) is 12.1 Å². The van der Waals surface area contributed by atoms with Crippen LogP contribution in [0.5, 0.6) is 0 Å². The molecule has 1 aliphatic carbocycles. The van der Waals surface area contributed by atoms with E-state index in [0.29, 0.717) is 6.54 Å². The zero-order valence-corrected chi connectivity index (χ0v) is 10.7. The molecule has 0 unspecified atom stereocenters. The molecular weight excluding hydrogens is 226 g/mol. The third-order valence-corrected chi connectivity index (χ3v) is 4.05. The second-order valence-corrected chi connectivity index (χ2v) is 5.12. The van der Waals surface area contributed by atoms with Gasteiger partial charge < -0.3 is 15.5 Å². The molecule has 4 heteroatoms. The van der Waals surface area contributed by atoms with Crippen molar-refractivity contribution < 1.29 is 4.74 Å². The largest absolute Gasteiger partial charge is 0.378 e. The van der Waals surface area contributed by atoms with Crippen LogP contribution in [0.2, 0.25) is 0 Å². The molecule has 1 heterocycles. The fourth-order valence-electron chi connectivity index (χ4n) is 2.72. The molecule has 0 bridgehead atoms. The minimum absolute atomic E-state index is 0.0107. The Morgan fingerprint density at radius 2 is 2.28 bits per heavy atom. The van der Waals surface area contributed by atoms with Gasteiger partial charge in [-0.2, -0.15) is 0 Å². The fraction of sp³-hybridized carbons (Fsp3) is 0.500. The SMILES string of the molecule is COC1(Cc2nc3c(CN)cccc3[nH]2)CCC1. The minimum atomic E-state index is 0.0107. The van der Waals surface area contributed by atoms with Crippen LogP contribution in [0.15, 0.2) is 18.2 Å². The lowest BCUT2D eigenvalue weighted by Crippen LogP contribution is -2.41. The van der Waals surface area contributed by atoms with E-state index in [9.17, 15) is 0 Å². The van der Waals surface area contributed by atoms with Gasteiger partial charge in [-0.15, -0.1) is 0 Å². The van der Waals surface area contributed by atoms with Gasteiger partial charge in [0.15, 0.2) is 0 Å². The van der Waals surface area contributed by atoms with Crippen LogP contribution in [0.4, 0.5) is 0 Å². The molecule has 4 nitrogen and oxygen atoms in total. The number of fused-ring (bicyclic) bond motifs is 1. The number of para-hydroxylation sites is 1. The second-order valence-electron chi connectivity index (χ2n) is 5.12. The number of ether oxygens (including phenoxy) is 1. The first-order valence-corrected chi connectivity index (χ1v) is 6.48. The lowest BCUT2D eigenvalue weighted by molar-refractivity contribution is -0.0719. The van der Waals surface area contributed by atoms with E-state index in [0.717, 1.165) is 41.7 Å². The van der Waals surface area contributed by atoms with E-state index in [1.54, 1.807) is 7.11 Å². The Morgan fingerprint density at radius 3 is 2.89 bits per heavy atom. The van der Waals surface area contributed by atoms with Gasteiger partial charge in [-0.25, -0.2) is 4.98 Å². The van der Waals surface area contributed by atoms with Crippen LogP contribution in [0, 0.1) is 0 Å². The van der Waals surface area contributed by atoms with Gasteiger partial charge in [0.2, 0.25) is 0 Å². The van der Waals surface area contributed by atoms with Gasteiger partial charge in [0.1, 0.15) is 5.82 Å². The monoisotopic (exact) mass is 245 g/mol. The molecule has 0 aliphatic heterocycles. The number of benzene rings is 1. The van der Waals surface area contributed by atoms with E-state index in [-0.39, 0.29) is 5.60 Å². The number of nitrogens with one attached hydrogen (secondary N) is 1. The summed E-state index contributed by atoms with van der Waals surface area (Å²) < 4.78 is 5.65. The zero-order chi connectivity index (χ0) is 12.6. The third-order valence-electron chi connectivity index (χ3n) is 4.05. The Balaban J connectivity index is 1.93. The Morgan fingerprint density at radius 1 is 1.44 bits per heavy atom. The number of imidazole rings is 1. The fourth-order valence-corrected chi connectivity index (χ4v) is 2.72. The average molecular weight is 245 g/mol. The summed E-state index contributed by atoms with van der Waals surface area (Å²) in [5, 5.41) is 0. The van der Waals surface area contributed by atoms with Crippen molar-refractivity contribution in [2.24, 2.45) is 5.73 Å². The molecular formula is C14H19N3O. The molecule has 3 rings (SSSR count). The third kappa shape index (κ3) is 1.82. The summed E-state index contributed by atoms with van der Waals surface area (Å²) in [7, 11) is 1.80. The summed E-state index contributed by atoms with van der Waals surface area (Å²) in [6.07, 6.45) is 4.37. The average Bonchev–Trinajstić information content (AvgIpc) is 2.75. The molecule has 0 radical (unpaired) electrons. The van der Waals surface area contributed by atoms with Crippen molar-refractivity contribution in [3.8, 4) is 0 Å². The molecule has 3 N–H and O–H groups in total. The zero-order valence-electron chi connectivity index (χ0n) is 10.7. The summed E-state index contributed by atoms with van der Waals surface area (Å²) in [5.41, 5.74) is 8.91. The van der Waals surface area contributed by atoms with Gasteiger partial charge in [0.25, 0.3) is 0 Å². The van der Waals surface area contributed by atoms with Crippen molar-refractivity contribution in [3.05, 3.63) is 29.6 Å². The van der Waals surface area contributed by atoms with Crippen molar-refractivity contribution in [2.75, 3.05) is 7.11 Å². The lowest BCUT2D eigenvalue weighted by atomic mass is 9.77. The van der Waals surface area contributed by atoms with Crippen LogP contribution < -0.4 is 5.73 Å². The van der Waals surface area contributed by atoms with Gasteiger partial charge in [0.05, 0.1) is 16.6 Å². The van der Waals surface area contributed by atoms with Gasteiger partial charge in [-0.3, -0.25) is 0 Å². The van der Waals surface area contributed by atoms with Crippen LogP contribution in [0.3, 0.4) is 0 Å². The molecule has 1 saturated carbocycles. The van der Waals surface area contributed by atoms with Crippen LogP contribution in [0.25, 0.3) is 11.0 Å². The predicted octanol–water partition coefficient (Wildman–Crippen LogP) is 2.13. The molecule has 96 valence electrons. The molecule has 0 spiro atoms. The van der Waals surface area contributed by atoms with Crippen molar-refractivity contribution in [1.82, 2.24) is 9.97 Å². The summed E-state index contributed by atoms with van der Waals surface area (Å²) in [6, 6.07) is 6.09. The van der Waals surface area contributed by atoms with Crippen molar-refractivity contribution in [3.63, 3.8) is 0 Å². The Hall–Kier alpha value is -1.39. The second kappa shape index (κ2) is 4.37. The molecule has 1 aromatic carbocycles. The first-order valence-electron chi connectivity index (χ1n) is 6.48. The van der Waals surface area contributed by atoms with E-state index in [4.69, 9.17) is 10.5 Å². The van der Waals surface area contributed by atoms with Gasteiger partial charge >= 0.3 is 0 Å². The van der Waals surface area contributed by atoms with E-state index in [2.05, 4.69) is 9.97 Å². The molecule has 1 aromatic heterocycles. The van der Waals surface area contributed by atoms with Gasteiger partial charge in [0, 0.05) is 20.1 Å². The van der Waals surface area contributed by atoms with E-state index < -0.39 is 0 Å². The van der Waals surface area contributed by atoms with E-state index >= 15 is 0 Å². The van der Waals surface area contributed by atoms with Crippen molar-refractivity contribution in [2.45, 2.75) is 37.8 Å². The smallest absolute Gasteiger partial charge is 0.110 e. The molecule has 1 fully saturated rings. The number of hydrogen-bond donors (Lipinski definition) is 2. The standard InChI is InChI=1S/C14H19N3O/c1-18-14(6-3-7-14)8-12-16-11-5-2-4-10(9-15)13(11)17-12/h2,4-5H,3,6-9,15H2,1H3,(H,16,17). The van der Waals surface area contributed by atoms with Crippen molar-refractivity contribution in [1.29, 1.82) is 0 Å². The molecule has 0 saturated heterocycles. The number of aromatic amines is 1. The van der Waals surface area contributed by atoms with Gasteiger partial charge in [-0.05, 0) is 30.9 Å². The highest BCUT2D eigenvalue weighted by atomic mass is 16.5. The first kappa shape index (κ1) is 11.7. The van der Waals surface area contributed by atoms with Crippen LogP contribution in [-0.4, -0.2) is 22.7 Å². The van der Waals surface area contributed by atoms with Crippen molar-refractivity contribution >= 4 is 11.0 Å². The number of rotatable bonds is 4. The summed E-state index contributed by atoms with van der Waals surface area (Å²) in [6.45, 7) is 0.525. The predicted molar refractivity (Wildman–Crippen MR) is 71.3 cm³/mol. The molecule has 1 aliphatic rings. The number of nitrogens with zero attached hydrogens (tertiary/aromatic N) is 1. The molecule has 0 amide bonds. The molecule has 2 aromatic rings. The number of methoxy groups -OCH3 is 1. The minimum Gasteiger partial charge on any atom is -0.378 e. The molecule has 18 heavy (non-hydrogen) atoms. The number of aromatic nitrogens is 2. The van der Waals surface area contributed by atoms with Crippen LogP contribution >= 0.6 is 0 Å². The highest BCUT2D eigenvalue weighted by Gasteiger charge is 2.37.